The van der Waals surface area contributed by atoms with Crippen LogP contribution in [0.25, 0.3) is 10.6 Å². The molecule has 2 N–H and O–H groups in total. The van der Waals surface area contributed by atoms with Gasteiger partial charge >= 0.3 is 6.03 Å². The first-order valence-corrected chi connectivity index (χ1v) is 9.12. The Morgan fingerprint density at radius 2 is 2.17 bits per heavy atom. The molecule has 0 bridgehead atoms. The number of benzene rings is 1. The highest BCUT2D eigenvalue weighted by molar-refractivity contribution is 7.15. The first kappa shape index (κ1) is 16.9. The van der Waals surface area contributed by atoms with E-state index in [1.807, 2.05) is 36.5 Å². The van der Waals surface area contributed by atoms with Crippen LogP contribution in [0.1, 0.15) is 24.1 Å². The third-order valence-corrected chi connectivity index (χ3v) is 5.51. The number of aliphatic hydroxyl groups excluding tert-OH is 1. The van der Waals surface area contributed by atoms with Gasteiger partial charge in [0.1, 0.15) is 5.01 Å². The van der Waals surface area contributed by atoms with E-state index < -0.39 is 0 Å². The fraction of sp³-hybridized carbons (Fsp3) is 0.444. The van der Waals surface area contributed by atoms with Crippen LogP contribution in [0.2, 0.25) is 0 Å². The topological polar surface area (TPSA) is 65.5 Å². The highest BCUT2D eigenvalue weighted by atomic mass is 32.1. The summed E-state index contributed by atoms with van der Waals surface area (Å²) in [7, 11) is 1.78. The standard InChI is InChI=1S/C18H23N3O2S/c1-21(12-14-8-5-9-16(14)22)18(23)20-11-15-10-19-17(24-15)13-6-3-2-4-7-13/h2-4,6-7,10,14,16,22H,5,8-9,11-12H2,1H3,(H,20,23)/t14-,16-/m0/s1. The number of carbonyl (C=O) groups is 1. The van der Waals surface area contributed by atoms with Gasteiger partial charge in [-0.1, -0.05) is 36.8 Å². The van der Waals surface area contributed by atoms with Crippen molar-refractivity contribution in [2.45, 2.75) is 31.9 Å². The molecule has 0 saturated heterocycles. The van der Waals surface area contributed by atoms with Crippen LogP contribution in [0.4, 0.5) is 4.79 Å². The second-order valence-electron chi connectivity index (χ2n) is 6.30. The number of aromatic nitrogens is 1. The number of nitrogens with one attached hydrogen (secondary N) is 1. The van der Waals surface area contributed by atoms with Crippen LogP contribution >= 0.6 is 11.3 Å². The summed E-state index contributed by atoms with van der Waals surface area (Å²) in [6.45, 7) is 1.08. The van der Waals surface area contributed by atoms with Gasteiger partial charge < -0.3 is 15.3 Å². The van der Waals surface area contributed by atoms with E-state index in [0.29, 0.717) is 13.1 Å². The van der Waals surface area contributed by atoms with Crippen molar-refractivity contribution >= 4 is 17.4 Å². The first-order valence-electron chi connectivity index (χ1n) is 8.30. The van der Waals surface area contributed by atoms with Crippen LogP contribution in [-0.2, 0) is 6.54 Å². The van der Waals surface area contributed by atoms with E-state index in [9.17, 15) is 9.90 Å². The Morgan fingerprint density at radius 3 is 2.88 bits per heavy atom. The van der Waals surface area contributed by atoms with Gasteiger partial charge in [0.25, 0.3) is 0 Å². The van der Waals surface area contributed by atoms with Crippen molar-refractivity contribution in [3.05, 3.63) is 41.4 Å². The lowest BCUT2D eigenvalue weighted by atomic mass is 10.1. The predicted molar refractivity (Wildman–Crippen MR) is 95.8 cm³/mol. The van der Waals surface area contributed by atoms with E-state index in [1.165, 1.54) is 0 Å². The highest BCUT2D eigenvalue weighted by Crippen LogP contribution is 2.26. The first-order chi connectivity index (χ1) is 11.6. The summed E-state index contributed by atoms with van der Waals surface area (Å²) in [5, 5.41) is 13.8. The van der Waals surface area contributed by atoms with Gasteiger partial charge in [-0.25, -0.2) is 9.78 Å². The molecule has 0 aliphatic heterocycles. The second kappa shape index (κ2) is 7.77. The Hall–Kier alpha value is -1.92. The molecule has 1 aromatic heterocycles. The maximum absolute atomic E-state index is 12.2. The molecule has 1 fully saturated rings. The van der Waals surface area contributed by atoms with E-state index in [2.05, 4.69) is 10.3 Å². The number of aliphatic hydroxyl groups is 1. The van der Waals surface area contributed by atoms with Gasteiger partial charge in [-0.15, -0.1) is 11.3 Å². The van der Waals surface area contributed by atoms with Crippen molar-refractivity contribution in [1.29, 1.82) is 0 Å². The Labute approximate surface area is 146 Å². The molecule has 0 radical (unpaired) electrons. The zero-order valence-corrected chi connectivity index (χ0v) is 14.6. The largest absolute Gasteiger partial charge is 0.393 e. The molecule has 2 atom stereocenters. The van der Waals surface area contributed by atoms with Crippen LogP contribution in [-0.4, -0.2) is 40.7 Å². The molecule has 24 heavy (non-hydrogen) atoms. The quantitative estimate of drug-likeness (QED) is 0.875. The summed E-state index contributed by atoms with van der Waals surface area (Å²) < 4.78 is 0. The molecule has 0 unspecified atom stereocenters. The van der Waals surface area contributed by atoms with Gasteiger partial charge in [0, 0.05) is 36.1 Å². The van der Waals surface area contributed by atoms with E-state index in [4.69, 9.17) is 0 Å². The number of amides is 2. The van der Waals surface area contributed by atoms with Gasteiger partial charge in [-0.3, -0.25) is 0 Å². The Balaban J connectivity index is 1.50. The smallest absolute Gasteiger partial charge is 0.317 e. The molecule has 1 heterocycles. The molecule has 5 nitrogen and oxygen atoms in total. The average molecular weight is 345 g/mol. The summed E-state index contributed by atoms with van der Waals surface area (Å²) in [5.41, 5.74) is 1.09. The van der Waals surface area contributed by atoms with Gasteiger partial charge in [-0.2, -0.15) is 0 Å². The fourth-order valence-corrected chi connectivity index (χ4v) is 3.92. The van der Waals surface area contributed by atoms with E-state index >= 15 is 0 Å². The number of hydrogen-bond donors (Lipinski definition) is 2. The molecule has 1 saturated carbocycles. The molecule has 128 valence electrons. The summed E-state index contributed by atoms with van der Waals surface area (Å²) in [6, 6.07) is 9.91. The fourth-order valence-electron chi connectivity index (χ4n) is 3.07. The van der Waals surface area contributed by atoms with Crippen molar-refractivity contribution < 1.29 is 9.90 Å². The van der Waals surface area contributed by atoms with Crippen LogP contribution in [0.15, 0.2) is 36.5 Å². The molecular weight excluding hydrogens is 322 g/mol. The summed E-state index contributed by atoms with van der Waals surface area (Å²) in [5.74, 6) is 0.203. The van der Waals surface area contributed by atoms with Crippen LogP contribution in [0.3, 0.4) is 0 Å². The predicted octanol–water partition coefficient (Wildman–Crippen LogP) is 3.11. The van der Waals surface area contributed by atoms with Crippen molar-refractivity contribution in [2.75, 3.05) is 13.6 Å². The van der Waals surface area contributed by atoms with E-state index in [-0.39, 0.29) is 18.1 Å². The van der Waals surface area contributed by atoms with Crippen molar-refractivity contribution in [2.24, 2.45) is 5.92 Å². The Kier molecular flexibility index (Phi) is 5.48. The molecule has 0 spiro atoms. The Morgan fingerprint density at radius 1 is 1.38 bits per heavy atom. The third kappa shape index (κ3) is 4.13. The lowest BCUT2D eigenvalue weighted by Gasteiger charge is -2.23. The van der Waals surface area contributed by atoms with Crippen LogP contribution in [0.5, 0.6) is 0 Å². The Bertz CT molecular complexity index is 674. The number of carbonyl (C=O) groups excluding carboxylic acids is 1. The summed E-state index contributed by atoms with van der Waals surface area (Å²) in [4.78, 5) is 19.3. The molecule has 3 rings (SSSR count). The molecule has 2 aromatic rings. The van der Waals surface area contributed by atoms with E-state index in [1.54, 1.807) is 23.3 Å². The maximum atomic E-state index is 12.2. The SMILES string of the molecule is CN(C[C@@H]1CCC[C@@H]1O)C(=O)NCc1cnc(-c2ccccc2)s1. The average Bonchev–Trinajstić information content (AvgIpc) is 3.23. The lowest BCUT2D eigenvalue weighted by Crippen LogP contribution is -2.40. The molecular formula is C18H23N3O2S. The number of urea groups is 1. The number of rotatable bonds is 5. The molecule has 1 aliphatic carbocycles. The van der Waals surface area contributed by atoms with Crippen molar-refractivity contribution in [3.8, 4) is 10.6 Å². The molecule has 2 amide bonds. The summed E-state index contributed by atoms with van der Waals surface area (Å²) in [6.07, 6.45) is 4.44. The highest BCUT2D eigenvalue weighted by Gasteiger charge is 2.27. The maximum Gasteiger partial charge on any atom is 0.317 e. The van der Waals surface area contributed by atoms with Crippen molar-refractivity contribution in [3.63, 3.8) is 0 Å². The molecule has 1 aliphatic rings. The third-order valence-electron chi connectivity index (χ3n) is 4.46. The minimum Gasteiger partial charge on any atom is -0.393 e. The molecule has 1 aromatic carbocycles. The van der Waals surface area contributed by atoms with Gasteiger partial charge in [0.05, 0.1) is 12.6 Å². The number of thiazole rings is 1. The van der Waals surface area contributed by atoms with Crippen LogP contribution < -0.4 is 5.32 Å². The zero-order valence-electron chi connectivity index (χ0n) is 13.8. The van der Waals surface area contributed by atoms with Crippen LogP contribution in [0, 0.1) is 5.92 Å². The monoisotopic (exact) mass is 345 g/mol. The molecule has 6 heteroatoms. The van der Waals surface area contributed by atoms with E-state index in [0.717, 1.165) is 34.7 Å². The van der Waals surface area contributed by atoms with Gasteiger partial charge in [0.2, 0.25) is 0 Å². The number of nitrogens with zero attached hydrogens (tertiary/aromatic N) is 2. The van der Waals surface area contributed by atoms with Gasteiger partial charge in [0.15, 0.2) is 0 Å². The summed E-state index contributed by atoms with van der Waals surface area (Å²) >= 11 is 1.59. The normalized spacial score (nSPS) is 20.1. The minimum absolute atomic E-state index is 0.108. The number of hydrogen-bond acceptors (Lipinski definition) is 4. The lowest BCUT2D eigenvalue weighted by molar-refractivity contribution is 0.114. The minimum atomic E-state index is -0.268. The zero-order chi connectivity index (χ0) is 16.9. The van der Waals surface area contributed by atoms with Gasteiger partial charge in [-0.05, 0) is 12.8 Å². The second-order valence-corrected chi connectivity index (χ2v) is 7.41. The van der Waals surface area contributed by atoms with Crippen molar-refractivity contribution in [1.82, 2.24) is 15.2 Å².